The maximum Gasteiger partial charge on any atom is 0.254 e. The number of pyridine rings is 1. The number of hydrogen-bond acceptors (Lipinski definition) is 4. The summed E-state index contributed by atoms with van der Waals surface area (Å²) in [5, 5.41) is 7.60. The topological polar surface area (TPSA) is 63.9 Å². The molecule has 0 N–H and O–H groups in total. The molecule has 0 fully saturated rings. The number of aromatic nitrogens is 4. The fourth-order valence-electron chi connectivity index (χ4n) is 2.73. The van der Waals surface area contributed by atoms with Crippen molar-refractivity contribution >= 4 is 5.91 Å². The van der Waals surface area contributed by atoms with Gasteiger partial charge in [0, 0.05) is 24.5 Å². The molecule has 1 atom stereocenters. The number of amides is 1. The van der Waals surface area contributed by atoms with Crippen LogP contribution < -0.4 is 0 Å². The smallest absolute Gasteiger partial charge is 0.254 e. The molecule has 0 bridgehead atoms. The highest BCUT2D eigenvalue weighted by Gasteiger charge is 2.22. The van der Waals surface area contributed by atoms with Crippen molar-refractivity contribution in [1.82, 2.24) is 24.6 Å². The third kappa shape index (κ3) is 3.17. The van der Waals surface area contributed by atoms with E-state index in [4.69, 9.17) is 0 Å². The van der Waals surface area contributed by atoms with Gasteiger partial charge in [0.25, 0.3) is 5.91 Å². The molecule has 0 aliphatic heterocycles. The Morgan fingerprint density at radius 2 is 1.96 bits per heavy atom. The first-order valence-electron chi connectivity index (χ1n) is 7.84. The zero-order valence-electron chi connectivity index (χ0n) is 13.7. The van der Waals surface area contributed by atoms with Gasteiger partial charge in [0.15, 0.2) is 0 Å². The second-order valence-corrected chi connectivity index (χ2v) is 5.51. The van der Waals surface area contributed by atoms with Crippen LogP contribution in [0.25, 0.3) is 5.69 Å². The summed E-state index contributed by atoms with van der Waals surface area (Å²) in [6.45, 7) is 2.05. The molecule has 3 rings (SSSR count). The summed E-state index contributed by atoms with van der Waals surface area (Å²) in [4.78, 5) is 19.0. The third-order valence-electron chi connectivity index (χ3n) is 4.01. The van der Waals surface area contributed by atoms with E-state index in [-0.39, 0.29) is 11.9 Å². The van der Waals surface area contributed by atoms with E-state index in [9.17, 15) is 4.79 Å². The number of carbonyl (C=O) groups excluding carboxylic acids is 1. The highest BCUT2D eigenvalue weighted by atomic mass is 16.2. The quantitative estimate of drug-likeness (QED) is 0.725. The molecule has 0 unspecified atom stereocenters. The van der Waals surface area contributed by atoms with E-state index in [0.29, 0.717) is 5.56 Å². The SMILES string of the molecule is CC[C@@H](c1ccccn1)N(C)C(=O)c1cccc(-n2cnnc2)c1. The van der Waals surface area contributed by atoms with E-state index >= 15 is 0 Å². The van der Waals surface area contributed by atoms with E-state index in [1.807, 2.05) is 49.5 Å². The lowest BCUT2D eigenvalue weighted by Gasteiger charge is -2.27. The van der Waals surface area contributed by atoms with Crippen molar-refractivity contribution in [3.05, 3.63) is 72.6 Å². The van der Waals surface area contributed by atoms with Gasteiger partial charge in [-0.1, -0.05) is 19.1 Å². The fraction of sp³-hybridized carbons (Fsp3) is 0.222. The summed E-state index contributed by atoms with van der Waals surface area (Å²) in [5.41, 5.74) is 2.37. The average molecular weight is 321 g/mol. The molecule has 1 aromatic carbocycles. The zero-order valence-corrected chi connectivity index (χ0v) is 13.7. The predicted molar refractivity (Wildman–Crippen MR) is 90.7 cm³/mol. The summed E-state index contributed by atoms with van der Waals surface area (Å²) in [6, 6.07) is 13.1. The summed E-state index contributed by atoms with van der Waals surface area (Å²) in [6.07, 6.45) is 5.76. The summed E-state index contributed by atoms with van der Waals surface area (Å²) < 4.78 is 1.77. The number of carbonyl (C=O) groups is 1. The summed E-state index contributed by atoms with van der Waals surface area (Å²) >= 11 is 0. The van der Waals surface area contributed by atoms with E-state index in [1.165, 1.54) is 0 Å². The lowest BCUT2D eigenvalue weighted by Crippen LogP contribution is -2.31. The molecule has 3 aromatic rings. The maximum atomic E-state index is 12.9. The van der Waals surface area contributed by atoms with E-state index in [0.717, 1.165) is 17.8 Å². The molecule has 1 amide bonds. The predicted octanol–water partition coefficient (Wildman–Crippen LogP) is 2.89. The zero-order chi connectivity index (χ0) is 16.9. The van der Waals surface area contributed by atoms with Crippen molar-refractivity contribution in [3.8, 4) is 5.69 Å². The molecule has 0 spiro atoms. The van der Waals surface area contributed by atoms with Gasteiger partial charge in [-0.25, -0.2) is 0 Å². The Labute approximate surface area is 140 Å². The minimum atomic E-state index is -0.0581. The van der Waals surface area contributed by atoms with Crippen LogP contribution in [0.4, 0.5) is 0 Å². The fourth-order valence-corrected chi connectivity index (χ4v) is 2.73. The molecule has 6 heteroatoms. The van der Waals surface area contributed by atoms with Crippen LogP contribution >= 0.6 is 0 Å². The van der Waals surface area contributed by atoms with Gasteiger partial charge in [-0.2, -0.15) is 0 Å². The molecule has 0 saturated carbocycles. The second kappa shape index (κ2) is 7.04. The van der Waals surface area contributed by atoms with Crippen LogP contribution in [0.5, 0.6) is 0 Å². The van der Waals surface area contributed by atoms with Crippen LogP contribution in [0.3, 0.4) is 0 Å². The van der Waals surface area contributed by atoms with Crippen molar-refractivity contribution in [2.24, 2.45) is 0 Å². The Morgan fingerprint density at radius 3 is 2.62 bits per heavy atom. The van der Waals surface area contributed by atoms with Crippen molar-refractivity contribution < 1.29 is 4.79 Å². The molecule has 0 aliphatic rings. The molecule has 24 heavy (non-hydrogen) atoms. The first kappa shape index (κ1) is 15.9. The van der Waals surface area contributed by atoms with Gasteiger partial charge in [0.2, 0.25) is 0 Å². The molecule has 0 aliphatic carbocycles. The molecular formula is C18H19N5O. The third-order valence-corrected chi connectivity index (χ3v) is 4.01. The van der Waals surface area contributed by atoms with Crippen molar-refractivity contribution in [2.75, 3.05) is 7.05 Å². The first-order valence-corrected chi connectivity index (χ1v) is 7.84. The lowest BCUT2D eigenvalue weighted by molar-refractivity contribution is 0.0722. The summed E-state index contributed by atoms with van der Waals surface area (Å²) in [5.74, 6) is -0.0394. The Morgan fingerprint density at radius 1 is 1.17 bits per heavy atom. The maximum absolute atomic E-state index is 12.9. The van der Waals surface area contributed by atoms with Crippen LogP contribution in [0.1, 0.15) is 35.4 Å². The Hall–Kier alpha value is -3.02. The van der Waals surface area contributed by atoms with Gasteiger partial charge >= 0.3 is 0 Å². The van der Waals surface area contributed by atoms with Gasteiger partial charge in [-0.15, -0.1) is 10.2 Å². The Balaban J connectivity index is 1.87. The van der Waals surface area contributed by atoms with Crippen molar-refractivity contribution in [2.45, 2.75) is 19.4 Å². The van der Waals surface area contributed by atoms with E-state index in [2.05, 4.69) is 22.1 Å². The van der Waals surface area contributed by atoms with Crippen LogP contribution in [-0.2, 0) is 0 Å². The second-order valence-electron chi connectivity index (χ2n) is 5.51. The van der Waals surface area contributed by atoms with Crippen LogP contribution in [-0.4, -0.2) is 37.6 Å². The van der Waals surface area contributed by atoms with Gasteiger partial charge in [-0.05, 0) is 36.8 Å². The Bertz CT molecular complexity index is 801. The molecule has 2 aromatic heterocycles. The van der Waals surface area contributed by atoms with Gasteiger partial charge in [-0.3, -0.25) is 14.3 Å². The molecule has 6 nitrogen and oxygen atoms in total. The largest absolute Gasteiger partial charge is 0.333 e. The average Bonchev–Trinajstić information content (AvgIpc) is 3.17. The highest BCUT2D eigenvalue weighted by Crippen LogP contribution is 2.23. The monoisotopic (exact) mass is 321 g/mol. The molecular weight excluding hydrogens is 302 g/mol. The number of hydrogen-bond donors (Lipinski definition) is 0. The Kier molecular flexibility index (Phi) is 4.65. The van der Waals surface area contributed by atoms with Gasteiger partial charge in [0.05, 0.1) is 11.7 Å². The van der Waals surface area contributed by atoms with Crippen molar-refractivity contribution in [3.63, 3.8) is 0 Å². The summed E-state index contributed by atoms with van der Waals surface area (Å²) in [7, 11) is 1.82. The standard InChI is InChI=1S/C18H19N5O/c1-3-17(16-9-4-5-10-19-16)22(2)18(24)14-7-6-8-15(11-14)23-12-20-21-13-23/h4-13,17H,3H2,1-2H3/t17-/m0/s1. The number of nitrogens with zero attached hydrogens (tertiary/aromatic N) is 5. The molecule has 0 radical (unpaired) electrons. The lowest BCUT2D eigenvalue weighted by atomic mass is 10.1. The minimum absolute atomic E-state index is 0.0394. The molecule has 2 heterocycles. The highest BCUT2D eigenvalue weighted by molar-refractivity contribution is 5.94. The van der Waals surface area contributed by atoms with Gasteiger partial charge < -0.3 is 4.90 Å². The normalized spacial score (nSPS) is 11.9. The number of benzene rings is 1. The first-order chi connectivity index (χ1) is 11.7. The van der Waals surface area contributed by atoms with Crippen LogP contribution in [0, 0.1) is 0 Å². The van der Waals surface area contributed by atoms with Gasteiger partial charge in [0.1, 0.15) is 12.7 Å². The minimum Gasteiger partial charge on any atom is -0.333 e. The number of rotatable bonds is 5. The molecule has 122 valence electrons. The van der Waals surface area contributed by atoms with E-state index in [1.54, 1.807) is 28.3 Å². The van der Waals surface area contributed by atoms with Crippen LogP contribution in [0.15, 0.2) is 61.3 Å². The van der Waals surface area contributed by atoms with E-state index < -0.39 is 0 Å². The van der Waals surface area contributed by atoms with Crippen molar-refractivity contribution in [1.29, 1.82) is 0 Å². The molecule has 0 saturated heterocycles. The van der Waals surface area contributed by atoms with Crippen LogP contribution in [0.2, 0.25) is 0 Å².